The van der Waals surface area contributed by atoms with Crippen molar-refractivity contribution in [3.05, 3.63) is 0 Å². The van der Waals surface area contributed by atoms with Gasteiger partial charge >= 0.3 is 17.9 Å². The number of hydrogen-bond donors (Lipinski definition) is 1. The summed E-state index contributed by atoms with van der Waals surface area (Å²) in [6.45, 7) is 4.91. The number of carboxylic acids is 1. The number of esters is 2. The number of carbonyl (C=O) groups excluding carboxylic acids is 2. The molecule has 0 aliphatic rings. The number of unbranched alkanes of at least 4 members (excludes halogenated alkanes) is 48. The summed E-state index contributed by atoms with van der Waals surface area (Å²) in [5.74, 6) is -1.98. The molecule has 0 spiro atoms. The number of quaternary nitrogens is 1. The smallest absolute Gasteiger partial charge is 0.361 e. The number of carboxylic acid groups (broad SMARTS) is 1. The summed E-state index contributed by atoms with van der Waals surface area (Å²) >= 11 is 0. The fourth-order valence-electron chi connectivity index (χ4n) is 10.3. The highest BCUT2D eigenvalue weighted by atomic mass is 16.7. The zero-order chi connectivity index (χ0) is 54.8. The SMILES string of the molecule is CCCCCCCCCCCCCCCCCCCCCCCCCCCCCCCCCCCCCCCCCCCC(=O)OC(COC(=O)CCCCCCCCCCC)COC(OCC[N+](C)(C)C)C(=O)O. The van der Waals surface area contributed by atoms with Crippen LogP contribution in [0, 0.1) is 0 Å². The molecule has 0 fully saturated rings. The second-order valence-electron chi connectivity index (χ2n) is 24.2. The van der Waals surface area contributed by atoms with E-state index in [9.17, 15) is 19.5 Å². The molecule has 0 aromatic heterocycles. The molecule has 0 aliphatic heterocycles. The fraction of sp³-hybridized carbons (Fsp3) is 0.955. The Morgan fingerprint density at radius 3 is 0.853 bits per heavy atom. The lowest BCUT2D eigenvalue weighted by Gasteiger charge is -2.25. The van der Waals surface area contributed by atoms with E-state index in [4.69, 9.17) is 18.9 Å². The van der Waals surface area contributed by atoms with Crippen molar-refractivity contribution in [2.45, 2.75) is 360 Å². The first-order valence-electron chi connectivity index (χ1n) is 33.2. The quantitative estimate of drug-likeness (QED) is 0.0278. The van der Waals surface area contributed by atoms with E-state index >= 15 is 0 Å². The van der Waals surface area contributed by atoms with Gasteiger partial charge < -0.3 is 28.5 Å². The molecule has 0 aliphatic carbocycles. The second kappa shape index (κ2) is 58.4. The van der Waals surface area contributed by atoms with Crippen LogP contribution in [-0.4, -0.2) is 87.4 Å². The van der Waals surface area contributed by atoms with Crippen molar-refractivity contribution < 1.29 is 42.9 Å². The van der Waals surface area contributed by atoms with Crippen LogP contribution in [-0.2, 0) is 33.3 Å². The van der Waals surface area contributed by atoms with Crippen molar-refractivity contribution in [3.8, 4) is 0 Å². The molecule has 0 aromatic rings. The number of aliphatic carboxylic acids is 1. The van der Waals surface area contributed by atoms with Gasteiger partial charge in [0.2, 0.25) is 0 Å². The highest BCUT2D eigenvalue weighted by Gasteiger charge is 2.25. The minimum Gasteiger partial charge on any atom is -0.477 e. The Labute approximate surface area is 466 Å². The van der Waals surface area contributed by atoms with Gasteiger partial charge in [0.25, 0.3) is 6.29 Å². The largest absolute Gasteiger partial charge is 0.477 e. The molecular weight excluding hydrogens is 935 g/mol. The van der Waals surface area contributed by atoms with Crippen LogP contribution in [0.4, 0.5) is 0 Å². The average Bonchev–Trinajstić information content (AvgIpc) is 3.38. The van der Waals surface area contributed by atoms with Crippen LogP contribution >= 0.6 is 0 Å². The van der Waals surface area contributed by atoms with Gasteiger partial charge in [0.15, 0.2) is 6.10 Å². The van der Waals surface area contributed by atoms with Crippen LogP contribution in [0.5, 0.6) is 0 Å². The minimum atomic E-state index is -1.50. The number of ether oxygens (including phenoxy) is 4. The van der Waals surface area contributed by atoms with Gasteiger partial charge in [0.05, 0.1) is 34.4 Å². The molecular formula is C66H130NO8+. The molecule has 2 unspecified atom stereocenters. The van der Waals surface area contributed by atoms with Crippen LogP contribution < -0.4 is 0 Å². The lowest BCUT2D eigenvalue weighted by atomic mass is 10.0. The fourth-order valence-corrected chi connectivity index (χ4v) is 10.3. The van der Waals surface area contributed by atoms with Crippen molar-refractivity contribution >= 4 is 17.9 Å². The normalized spacial score (nSPS) is 12.6. The first-order valence-corrected chi connectivity index (χ1v) is 33.2. The molecule has 0 radical (unpaired) electrons. The molecule has 9 nitrogen and oxygen atoms in total. The van der Waals surface area contributed by atoms with Gasteiger partial charge in [-0.05, 0) is 12.8 Å². The van der Waals surface area contributed by atoms with Crippen LogP contribution in [0.25, 0.3) is 0 Å². The average molecular weight is 1070 g/mol. The molecule has 9 heteroatoms. The van der Waals surface area contributed by atoms with E-state index in [2.05, 4.69) is 13.8 Å². The van der Waals surface area contributed by atoms with E-state index < -0.39 is 18.4 Å². The Bertz CT molecular complexity index is 1190. The molecule has 0 heterocycles. The van der Waals surface area contributed by atoms with E-state index in [0.29, 0.717) is 17.4 Å². The Kier molecular flexibility index (Phi) is 57.1. The van der Waals surface area contributed by atoms with E-state index in [1.54, 1.807) is 0 Å². The van der Waals surface area contributed by atoms with Gasteiger partial charge in [-0.1, -0.05) is 322 Å². The van der Waals surface area contributed by atoms with Crippen LogP contribution in [0.1, 0.15) is 348 Å². The van der Waals surface area contributed by atoms with Crippen molar-refractivity contribution in [2.75, 3.05) is 47.5 Å². The lowest BCUT2D eigenvalue weighted by molar-refractivity contribution is -0.870. The van der Waals surface area contributed by atoms with Gasteiger partial charge in [-0.25, -0.2) is 4.79 Å². The van der Waals surface area contributed by atoms with Gasteiger partial charge in [0.1, 0.15) is 13.2 Å². The molecule has 75 heavy (non-hydrogen) atoms. The lowest BCUT2D eigenvalue weighted by Crippen LogP contribution is -2.40. The molecule has 0 bridgehead atoms. The number of carbonyl (C=O) groups is 3. The highest BCUT2D eigenvalue weighted by Crippen LogP contribution is 2.19. The Balaban J connectivity index is 3.77. The minimum absolute atomic E-state index is 0.174. The second-order valence-corrected chi connectivity index (χ2v) is 24.2. The number of rotatable bonds is 63. The first-order chi connectivity index (χ1) is 36.6. The van der Waals surface area contributed by atoms with Crippen molar-refractivity contribution in [2.24, 2.45) is 0 Å². The van der Waals surface area contributed by atoms with Crippen LogP contribution in [0.15, 0.2) is 0 Å². The maximum Gasteiger partial charge on any atom is 0.361 e. The van der Waals surface area contributed by atoms with Crippen molar-refractivity contribution in [1.29, 1.82) is 0 Å². The van der Waals surface area contributed by atoms with Crippen molar-refractivity contribution in [3.63, 3.8) is 0 Å². The molecule has 1 N–H and O–H groups in total. The summed E-state index contributed by atoms with van der Waals surface area (Å²) in [6.07, 6.45) is 65.5. The molecule has 446 valence electrons. The number of nitrogens with zero attached hydrogens (tertiary/aromatic N) is 1. The van der Waals surface area contributed by atoms with Crippen molar-refractivity contribution in [1.82, 2.24) is 0 Å². The maximum atomic E-state index is 12.8. The molecule has 0 saturated heterocycles. The predicted octanol–water partition coefficient (Wildman–Crippen LogP) is 19.9. The van der Waals surface area contributed by atoms with Gasteiger partial charge in [-0.2, -0.15) is 0 Å². The summed E-state index contributed by atoms with van der Waals surface area (Å²) < 4.78 is 22.8. The topological polar surface area (TPSA) is 108 Å². The summed E-state index contributed by atoms with van der Waals surface area (Å²) in [5.41, 5.74) is 0. The third kappa shape index (κ3) is 59.8. The Morgan fingerprint density at radius 2 is 0.600 bits per heavy atom. The van der Waals surface area contributed by atoms with Gasteiger partial charge in [0, 0.05) is 12.8 Å². The third-order valence-corrected chi connectivity index (χ3v) is 15.4. The number of likely N-dealkylation sites (N-methyl/N-ethyl adjacent to an activating group) is 1. The molecule has 2 atom stereocenters. The van der Waals surface area contributed by atoms with E-state index in [1.807, 2.05) is 21.1 Å². The van der Waals surface area contributed by atoms with Gasteiger partial charge in [-0.15, -0.1) is 0 Å². The summed E-state index contributed by atoms with van der Waals surface area (Å²) in [6, 6.07) is 0. The van der Waals surface area contributed by atoms with E-state index in [1.165, 1.54) is 283 Å². The molecule has 0 aromatic carbocycles. The predicted molar refractivity (Wildman–Crippen MR) is 318 cm³/mol. The molecule has 0 amide bonds. The Morgan fingerprint density at radius 1 is 0.347 bits per heavy atom. The van der Waals surface area contributed by atoms with Crippen LogP contribution in [0.2, 0.25) is 0 Å². The Hall–Kier alpha value is -1.71. The summed E-state index contributed by atoms with van der Waals surface area (Å²) in [4.78, 5) is 37.2. The molecule has 0 saturated carbocycles. The number of hydrogen-bond acceptors (Lipinski definition) is 7. The van der Waals surface area contributed by atoms with E-state index in [-0.39, 0.29) is 38.2 Å². The maximum absolute atomic E-state index is 12.8. The van der Waals surface area contributed by atoms with E-state index in [0.717, 1.165) is 38.5 Å². The zero-order valence-corrected chi connectivity index (χ0v) is 51.0. The first kappa shape index (κ1) is 73.3. The molecule has 0 rings (SSSR count). The summed E-state index contributed by atoms with van der Waals surface area (Å²) in [5, 5.41) is 9.67. The van der Waals surface area contributed by atoms with Gasteiger partial charge in [-0.3, -0.25) is 9.59 Å². The summed E-state index contributed by atoms with van der Waals surface area (Å²) in [7, 11) is 5.98. The highest BCUT2D eigenvalue weighted by molar-refractivity contribution is 5.71. The standard InChI is InChI=1S/C66H129NO8/c1-6-8-10-12-14-16-17-18-19-20-21-22-23-24-25-26-27-28-29-30-31-32-33-34-35-36-37-38-39-40-41-42-43-44-45-46-47-49-51-53-55-57-64(69)75-62(61-74-66(65(70)71)72-59-58-67(3,4)5)60-73-63(68)56-54-52-50-48-15-13-11-9-7-2/h62,66H,6-61H2,1-5H3/p+1. The van der Waals surface area contributed by atoms with Crippen LogP contribution in [0.3, 0.4) is 0 Å². The zero-order valence-electron chi connectivity index (χ0n) is 51.0. The third-order valence-electron chi connectivity index (χ3n) is 15.4. The monoisotopic (exact) mass is 1060 g/mol.